The Kier molecular flexibility index (Phi) is 8.63. The van der Waals surface area contributed by atoms with E-state index in [0.29, 0.717) is 36.2 Å². The van der Waals surface area contributed by atoms with Crippen LogP contribution in [0.4, 0.5) is 23.2 Å². The molecule has 1 heterocycles. The van der Waals surface area contributed by atoms with Gasteiger partial charge in [-0.2, -0.15) is 13.2 Å². The van der Waals surface area contributed by atoms with Gasteiger partial charge in [0.25, 0.3) is 5.91 Å². The van der Waals surface area contributed by atoms with Crippen molar-refractivity contribution in [1.29, 1.82) is 0 Å². The van der Waals surface area contributed by atoms with Crippen LogP contribution in [0.3, 0.4) is 0 Å². The second kappa shape index (κ2) is 10.8. The number of nitrogens with zero attached hydrogens (tertiary/aromatic N) is 2. The van der Waals surface area contributed by atoms with Gasteiger partial charge in [0.1, 0.15) is 5.82 Å². The predicted molar refractivity (Wildman–Crippen MR) is 113 cm³/mol. The molecule has 1 aliphatic rings. The first-order valence-corrected chi connectivity index (χ1v) is 10.1. The number of rotatable bonds is 5. The summed E-state index contributed by atoms with van der Waals surface area (Å²) in [6.45, 7) is 2.04. The lowest BCUT2D eigenvalue weighted by atomic mass is 10.2. The van der Waals surface area contributed by atoms with Crippen molar-refractivity contribution in [2.45, 2.75) is 6.18 Å². The van der Waals surface area contributed by atoms with Gasteiger partial charge in [-0.05, 0) is 42.0 Å². The van der Waals surface area contributed by atoms with Crippen molar-refractivity contribution in [3.05, 3.63) is 71.6 Å². The molecule has 1 N–H and O–H groups in total. The minimum Gasteiger partial charge on any atom is -1.00 e. The van der Waals surface area contributed by atoms with Crippen LogP contribution in [0.15, 0.2) is 54.6 Å². The van der Waals surface area contributed by atoms with Crippen LogP contribution < -0.4 is 17.7 Å². The molecule has 0 spiro atoms. The largest absolute Gasteiger partial charge is 1.00 e. The Balaban J connectivity index is 0.00000385. The van der Waals surface area contributed by atoms with Crippen molar-refractivity contribution >= 4 is 23.6 Å². The maximum Gasteiger partial charge on any atom is 0.416 e. The number of alkyl halides is 3. The van der Waals surface area contributed by atoms with Gasteiger partial charge < -0.3 is 27.1 Å². The van der Waals surface area contributed by atoms with Crippen molar-refractivity contribution in [3.63, 3.8) is 0 Å². The van der Waals surface area contributed by atoms with Crippen LogP contribution in [0.5, 0.6) is 0 Å². The van der Waals surface area contributed by atoms with Crippen LogP contribution in [0, 0.1) is 5.82 Å². The van der Waals surface area contributed by atoms with Crippen molar-refractivity contribution in [3.8, 4) is 0 Å². The molecule has 0 atom stereocenters. The number of benzene rings is 2. The third-order valence-corrected chi connectivity index (χ3v) is 5.42. The van der Waals surface area contributed by atoms with Crippen LogP contribution >= 0.6 is 0 Å². The third kappa shape index (κ3) is 7.57. The highest BCUT2D eigenvalue weighted by molar-refractivity contribution is 5.92. The van der Waals surface area contributed by atoms with Crippen molar-refractivity contribution in [2.24, 2.45) is 0 Å². The minimum atomic E-state index is -4.48. The molecular formula is C23H24ClF4N3O2. The van der Waals surface area contributed by atoms with Crippen molar-refractivity contribution < 1.29 is 44.0 Å². The summed E-state index contributed by atoms with van der Waals surface area (Å²) in [5.74, 6) is -0.907. The van der Waals surface area contributed by atoms with Gasteiger partial charge in [-0.1, -0.05) is 18.2 Å². The number of quaternary nitrogens is 1. The quantitative estimate of drug-likeness (QED) is 0.387. The number of carbonyl (C=O) groups is 2. The number of halogens is 5. The van der Waals surface area contributed by atoms with Gasteiger partial charge in [0, 0.05) is 11.8 Å². The van der Waals surface area contributed by atoms with E-state index in [-0.39, 0.29) is 42.3 Å². The first kappa shape index (κ1) is 26.3. The zero-order valence-electron chi connectivity index (χ0n) is 17.9. The van der Waals surface area contributed by atoms with E-state index in [0.717, 1.165) is 12.1 Å². The first-order valence-electron chi connectivity index (χ1n) is 10.1. The topological polar surface area (TPSA) is 49.4 Å². The Morgan fingerprint density at radius 3 is 2.33 bits per heavy atom. The number of amides is 2. The van der Waals surface area contributed by atoms with Gasteiger partial charge in [-0.15, -0.1) is 0 Å². The van der Waals surface area contributed by atoms with Gasteiger partial charge in [-0.25, -0.2) is 4.39 Å². The Bertz CT molecular complexity index is 1000. The summed E-state index contributed by atoms with van der Waals surface area (Å²) in [5, 5.41) is 2.53. The number of hydrogen-bond donors (Lipinski definition) is 1. The van der Waals surface area contributed by atoms with Crippen LogP contribution in [0.1, 0.15) is 11.1 Å². The first-order chi connectivity index (χ1) is 15.0. The van der Waals surface area contributed by atoms with E-state index in [1.165, 1.54) is 30.3 Å². The minimum absolute atomic E-state index is 0. The van der Waals surface area contributed by atoms with Crippen LogP contribution in [0.2, 0.25) is 0 Å². The maximum absolute atomic E-state index is 13.0. The molecule has 0 unspecified atom stereocenters. The Hall–Kier alpha value is -2.91. The third-order valence-electron chi connectivity index (χ3n) is 5.42. The summed E-state index contributed by atoms with van der Waals surface area (Å²) in [4.78, 5) is 26.5. The van der Waals surface area contributed by atoms with E-state index in [1.54, 1.807) is 23.1 Å². The average molecular weight is 486 g/mol. The van der Waals surface area contributed by atoms with Crippen molar-refractivity contribution in [2.75, 3.05) is 45.1 Å². The lowest BCUT2D eigenvalue weighted by Gasteiger charge is -2.41. The second-order valence-corrected chi connectivity index (χ2v) is 8.06. The molecule has 0 aromatic heterocycles. The summed E-state index contributed by atoms with van der Waals surface area (Å²) >= 11 is 0. The number of hydrogen-bond acceptors (Lipinski definition) is 2. The molecule has 10 heteroatoms. The van der Waals surface area contributed by atoms with Crippen LogP contribution in [-0.2, 0) is 15.8 Å². The normalized spacial score (nSPS) is 15.7. The smallest absolute Gasteiger partial charge is 0.416 e. The molecule has 0 saturated carbocycles. The molecular weight excluding hydrogens is 462 g/mol. The maximum atomic E-state index is 13.0. The molecule has 0 radical (unpaired) electrons. The standard InChI is InChI=1S/C23H23F4N3O2.ClH/c1-30(16-21(31)28-20-4-2-3-18(15-20)23(25,26)27)13-11-29(12-14-30)22(32)10-7-17-5-8-19(24)9-6-17;/h2-10,15H,11-14,16H2,1H3;1H/b10-7+;. The van der Waals surface area contributed by atoms with Gasteiger partial charge in [0.15, 0.2) is 6.54 Å². The summed E-state index contributed by atoms with van der Waals surface area (Å²) in [6.07, 6.45) is -1.43. The monoisotopic (exact) mass is 485 g/mol. The predicted octanol–water partition coefficient (Wildman–Crippen LogP) is 0.789. The van der Waals surface area contributed by atoms with Crippen LogP contribution in [0.25, 0.3) is 6.08 Å². The summed E-state index contributed by atoms with van der Waals surface area (Å²) in [7, 11) is 1.88. The second-order valence-electron chi connectivity index (χ2n) is 8.06. The van der Waals surface area contributed by atoms with Gasteiger partial charge in [-0.3, -0.25) is 9.59 Å². The molecule has 2 aromatic carbocycles. The summed E-state index contributed by atoms with van der Waals surface area (Å²) in [5.41, 5.74) is -0.0173. The van der Waals surface area contributed by atoms with Crippen LogP contribution in [-0.4, -0.2) is 61.0 Å². The molecule has 1 saturated heterocycles. The number of anilines is 1. The Labute approximate surface area is 195 Å². The summed E-state index contributed by atoms with van der Waals surface area (Å²) < 4.78 is 51.8. The van der Waals surface area contributed by atoms with E-state index in [9.17, 15) is 27.2 Å². The lowest BCUT2D eigenvalue weighted by Crippen LogP contribution is -3.00. The molecule has 178 valence electrons. The molecule has 0 bridgehead atoms. The van der Waals surface area contributed by atoms with Crippen molar-refractivity contribution in [1.82, 2.24) is 4.90 Å². The highest BCUT2D eigenvalue weighted by Crippen LogP contribution is 2.30. The number of piperazine rings is 1. The Morgan fingerprint density at radius 1 is 1.09 bits per heavy atom. The van der Waals surface area contributed by atoms with Gasteiger partial charge >= 0.3 is 6.18 Å². The zero-order chi connectivity index (χ0) is 23.4. The van der Waals surface area contributed by atoms with Gasteiger partial charge in [0.05, 0.1) is 38.8 Å². The molecule has 3 rings (SSSR count). The van der Waals surface area contributed by atoms with E-state index in [2.05, 4.69) is 5.32 Å². The molecule has 2 amide bonds. The number of nitrogens with one attached hydrogen (secondary N) is 1. The number of likely N-dealkylation sites (N-methyl/N-ethyl adjacent to an activating group) is 1. The molecule has 2 aromatic rings. The molecule has 33 heavy (non-hydrogen) atoms. The SMILES string of the molecule is C[N+]1(CC(=O)Nc2cccc(C(F)(F)F)c2)CCN(C(=O)/C=C/c2ccc(F)cc2)CC1.[Cl-]. The fourth-order valence-corrected chi connectivity index (χ4v) is 3.49. The fraction of sp³-hybridized carbons (Fsp3) is 0.304. The molecule has 1 aliphatic heterocycles. The zero-order valence-corrected chi connectivity index (χ0v) is 18.7. The highest BCUT2D eigenvalue weighted by atomic mass is 35.5. The van der Waals surface area contributed by atoms with E-state index in [4.69, 9.17) is 0 Å². The number of carbonyl (C=O) groups excluding carboxylic acids is 2. The molecule has 0 aliphatic carbocycles. The molecule has 5 nitrogen and oxygen atoms in total. The van der Waals surface area contributed by atoms with Gasteiger partial charge in [0.2, 0.25) is 5.91 Å². The Morgan fingerprint density at radius 2 is 1.73 bits per heavy atom. The van der Waals surface area contributed by atoms with E-state index >= 15 is 0 Å². The fourth-order valence-electron chi connectivity index (χ4n) is 3.49. The average Bonchev–Trinajstić information content (AvgIpc) is 2.73. The highest BCUT2D eigenvalue weighted by Gasteiger charge is 2.33. The van der Waals surface area contributed by atoms with E-state index in [1.807, 2.05) is 7.05 Å². The molecule has 1 fully saturated rings. The van der Waals surface area contributed by atoms with E-state index < -0.39 is 11.7 Å². The summed E-state index contributed by atoms with van der Waals surface area (Å²) in [6, 6.07) is 10.3. The lowest BCUT2D eigenvalue weighted by molar-refractivity contribution is -0.905.